The minimum Gasteiger partial charge on any atom is -0.330 e. The molecule has 0 aromatic carbocycles. The van der Waals surface area contributed by atoms with E-state index >= 15 is 0 Å². The van der Waals surface area contributed by atoms with E-state index in [2.05, 4.69) is 25.3 Å². The Balaban J connectivity index is 3.20. The van der Waals surface area contributed by atoms with Gasteiger partial charge in [-0.2, -0.15) is 0 Å². The van der Waals surface area contributed by atoms with E-state index in [4.69, 9.17) is 5.73 Å². The second kappa shape index (κ2) is 17.5. The summed E-state index contributed by atoms with van der Waals surface area (Å²) in [4.78, 5) is 0. The summed E-state index contributed by atoms with van der Waals surface area (Å²) in [6, 6.07) is 0. The molecule has 124 valence electrons. The zero-order valence-corrected chi connectivity index (χ0v) is 14.3. The van der Waals surface area contributed by atoms with Crippen molar-refractivity contribution in [3.63, 3.8) is 0 Å². The summed E-state index contributed by atoms with van der Waals surface area (Å²) in [5.41, 5.74) is 5.49. The number of allylic oxidation sites excluding steroid dienone is 2. The lowest BCUT2D eigenvalue weighted by atomic mass is 9.94. The van der Waals surface area contributed by atoms with Crippen molar-refractivity contribution in [2.45, 2.75) is 89.9 Å². The summed E-state index contributed by atoms with van der Waals surface area (Å²) in [5, 5.41) is 0. The van der Waals surface area contributed by atoms with Crippen LogP contribution < -0.4 is 5.73 Å². The maximum atomic E-state index is 5.49. The van der Waals surface area contributed by atoms with Gasteiger partial charge in [0.1, 0.15) is 0 Å². The van der Waals surface area contributed by atoms with Crippen LogP contribution in [0.15, 0.2) is 25.3 Å². The average molecular weight is 294 g/mol. The van der Waals surface area contributed by atoms with E-state index in [0.717, 1.165) is 25.3 Å². The molecule has 0 aliphatic heterocycles. The minimum atomic E-state index is 0.786. The predicted molar refractivity (Wildman–Crippen MR) is 97.6 cm³/mol. The fraction of sp³-hybridized carbons (Fsp3) is 0.800. The normalized spacial score (nSPS) is 11.0. The van der Waals surface area contributed by atoms with Crippen LogP contribution in [0, 0.1) is 5.92 Å². The largest absolute Gasteiger partial charge is 0.330 e. The molecule has 21 heavy (non-hydrogen) atoms. The van der Waals surface area contributed by atoms with Gasteiger partial charge in [-0.25, -0.2) is 0 Å². The van der Waals surface area contributed by atoms with E-state index in [0.29, 0.717) is 0 Å². The summed E-state index contributed by atoms with van der Waals surface area (Å²) in [6.07, 6.45) is 23.0. The molecule has 0 aliphatic rings. The number of hydrogen-bond donors (Lipinski definition) is 1. The SMILES string of the molecule is C=CCC(CC=C)CCCCCCCCCCCCCN. The van der Waals surface area contributed by atoms with Crippen molar-refractivity contribution in [3.05, 3.63) is 25.3 Å². The van der Waals surface area contributed by atoms with Crippen LogP contribution in [0.1, 0.15) is 89.9 Å². The van der Waals surface area contributed by atoms with Gasteiger partial charge in [-0.15, -0.1) is 13.2 Å². The maximum Gasteiger partial charge on any atom is -0.00773 e. The van der Waals surface area contributed by atoms with E-state index in [1.807, 2.05) is 0 Å². The third-order valence-electron chi connectivity index (χ3n) is 4.32. The van der Waals surface area contributed by atoms with Crippen molar-refractivity contribution >= 4 is 0 Å². The van der Waals surface area contributed by atoms with Crippen LogP contribution in [-0.4, -0.2) is 6.54 Å². The van der Waals surface area contributed by atoms with Crippen LogP contribution in [0.4, 0.5) is 0 Å². The number of hydrogen-bond acceptors (Lipinski definition) is 1. The lowest BCUT2D eigenvalue weighted by molar-refractivity contribution is 0.456. The molecule has 0 fully saturated rings. The molecule has 0 atom stereocenters. The quantitative estimate of drug-likeness (QED) is 0.244. The standard InChI is InChI=1S/C20H39N/c1-3-16-20(17-4-2)18-14-12-10-8-6-5-7-9-11-13-15-19-21/h3-4,20H,1-2,5-19,21H2. The van der Waals surface area contributed by atoms with Crippen LogP contribution >= 0.6 is 0 Å². The first-order valence-electron chi connectivity index (χ1n) is 9.27. The summed E-state index contributed by atoms with van der Waals surface area (Å²) < 4.78 is 0. The first-order chi connectivity index (χ1) is 10.3. The fourth-order valence-corrected chi connectivity index (χ4v) is 2.97. The maximum absolute atomic E-state index is 5.49. The van der Waals surface area contributed by atoms with Crippen LogP contribution in [0.5, 0.6) is 0 Å². The Morgan fingerprint density at radius 1 is 0.619 bits per heavy atom. The Bertz CT molecular complexity index is 212. The molecule has 2 N–H and O–H groups in total. The molecule has 0 rings (SSSR count). The molecule has 0 radical (unpaired) electrons. The molecule has 0 aliphatic carbocycles. The molecule has 0 aromatic rings. The van der Waals surface area contributed by atoms with Gasteiger partial charge in [0.05, 0.1) is 0 Å². The van der Waals surface area contributed by atoms with Gasteiger partial charge in [0, 0.05) is 0 Å². The molecular weight excluding hydrogens is 254 g/mol. The zero-order chi connectivity index (χ0) is 15.6. The molecule has 0 bridgehead atoms. The van der Waals surface area contributed by atoms with Crippen LogP contribution in [0.3, 0.4) is 0 Å². The van der Waals surface area contributed by atoms with Gasteiger partial charge in [0.25, 0.3) is 0 Å². The van der Waals surface area contributed by atoms with Gasteiger partial charge in [0.15, 0.2) is 0 Å². The summed E-state index contributed by atoms with van der Waals surface area (Å²) in [7, 11) is 0. The number of nitrogens with two attached hydrogens (primary N) is 1. The number of rotatable bonds is 17. The van der Waals surface area contributed by atoms with Crippen molar-refractivity contribution in [1.29, 1.82) is 0 Å². The third kappa shape index (κ3) is 15.6. The molecule has 0 spiro atoms. The highest BCUT2D eigenvalue weighted by atomic mass is 14.5. The Morgan fingerprint density at radius 3 is 1.38 bits per heavy atom. The van der Waals surface area contributed by atoms with Gasteiger partial charge in [-0.05, 0) is 38.1 Å². The van der Waals surface area contributed by atoms with Crippen molar-refractivity contribution in [1.82, 2.24) is 0 Å². The van der Waals surface area contributed by atoms with Crippen molar-refractivity contribution in [2.24, 2.45) is 11.7 Å². The molecule has 1 nitrogen and oxygen atoms in total. The second-order valence-electron chi connectivity index (χ2n) is 6.38. The van der Waals surface area contributed by atoms with Crippen LogP contribution in [-0.2, 0) is 0 Å². The molecule has 1 heteroatoms. The molecular formula is C20H39N. The highest BCUT2D eigenvalue weighted by molar-refractivity contribution is 4.79. The smallest absolute Gasteiger partial charge is 0.00773 e. The van der Waals surface area contributed by atoms with E-state index in [9.17, 15) is 0 Å². The summed E-state index contributed by atoms with van der Waals surface area (Å²) in [5.74, 6) is 0.786. The van der Waals surface area contributed by atoms with Crippen LogP contribution in [0.25, 0.3) is 0 Å². The Hall–Kier alpha value is -0.560. The fourth-order valence-electron chi connectivity index (χ4n) is 2.97. The van der Waals surface area contributed by atoms with Gasteiger partial charge in [-0.1, -0.05) is 76.4 Å². The van der Waals surface area contributed by atoms with E-state index in [-0.39, 0.29) is 0 Å². The van der Waals surface area contributed by atoms with E-state index in [1.165, 1.54) is 77.0 Å². The minimum absolute atomic E-state index is 0.786. The highest BCUT2D eigenvalue weighted by Crippen LogP contribution is 2.19. The highest BCUT2D eigenvalue weighted by Gasteiger charge is 2.04. The second-order valence-corrected chi connectivity index (χ2v) is 6.38. The van der Waals surface area contributed by atoms with Gasteiger partial charge < -0.3 is 5.73 Å². The third-order valence-corrected chi connectivity index (χ3v) is 4.32. The van der Waals surface area contributed by atoms with Gasteiger partial charge in [-0.3, -0.25) is 0 Å². The topological polar surface area (TPSA) is 26.0 Å². The monoisotopic (exact) mass is 293 g/mol. The first kappa shape index (κ1) is 20.4. The summed E-state index contributed by atoms with van der Waals surface area (Å²) >= 11 is 0. The Kier molecular flexibility index (Phi) is 17.0. The molecule has 0 heterocycles. The molecule has 0 saturated carbocycles. The Labute approximate surface area is 134 Å². The summed E-state index contributed by atoms with van der Waals surface area (Å²) in [6.45, 7) is 8.57. The van der Waals surface area contributed by atoms with E-state index < -0.39 is 0 Å². The van der Waals surface area contributed by atoms with E-state index in [1.54, 1.807) is 0 Å². The van der Waals surface area contributed by atoms with Crippen molar-refractivity contribution in [3.8, 4) is 0 Å². The van der Waals surface area contributed by atoms with Gasteiger partial charge in [0.2, 0.25) is 0 Å². The lowest BCUT2D eigenvalue weighted by Gasteiger charge is -2.12. The predicted octanol–water partition coefficient (Wildman–Crippen LogP) is 6.39. The zero-order valence-electron chi connectivity index (χ0n) is 14.3. The first-order valence-corrected chi connectivity index (χ1v) is 9.27. The van der Waals surface area contributed by atoms with Crippen molar-refractivity contribution in [2.75, 3.05) is 6.54 Å². The van der Waals surface area contributed by atoms with Crippen LogP contribution in [0.2, 0.25) is 0 Å². The molecule has 0 unspecified atom stereocenters. The molecule has 0 saturated heterocycles. The van der Waals surface area contributed by atoms with Crippen molar-refractivity contribution < 1.29 is 0 Å². The Morgan fingerprint density at radius 2 is 1.00 bits per heavy atom. The molecule has 0 amide bonds. The number of unbranched alkanes of at least 4 members (excludes halogenated alkanes) is 10. The molecule has 0 aromatic heterocycles. The lowest BCUT2D eigenvalue weighted by Crippen LogP contribution is -1.97. The average Bonchev–Trinajstić information content (AvgIpc) is 2.48. The van der Waals surface area contributed by atoms with Gasteiger partial charge >= 0.3 is 0 Å².